The van der Waals surface area contributed by atoms with Gasteiger partial charge in [0.15, 0.2) is 0 Å². The smallest absolute Gasteiger partial charge is 0.138 e. The lowest BCUT2D eigenvalue weighted by molar-refractivity contribution is 1.03. The highest BCUT2D eigenvalue weighted by Gasteiger charge is 2.08. The van der Waals surface area contributed by atoms with Crippen LogP contribution in [0.2, 0.25) is 0 Å². The van der Waals surface area contributed by atoms with Crippen LogP contribution >= 0.6 is 24.8 Å². The maximum Gasteiger partial charge on any atom is 0.138 e. The van der Waals surface area contributed by atoms with Crippen molar-refractivity contribution in [2.24, 2.45) is 0 Å². The van der Waals surface area contributed by atoms with Crippen molar-refractivity contribution in [1.29, 1.82) is 0 Å². The second kappa shape index (κ2) is 5.84. The lowest BCUT2D eigenvalue weighted by Gasteiger charge is -2.22. The predicted octanol–water partition coefficient (Wildman–Crippen LogP) is 3.91. The van der Waals surface area contributed by atoms with Gasteiger partial charge in [-0.15, -0.1) is 12.6 Å². The van der Waals surface area contributed by atoms with Crippen LogP contribution in [0.4, 0.5) is 5.69 Å². The van der Waals surface area contributed by atoms with E-state index in [-0.39, 0.29) is 0 Å². The van der Waals surface area contributed by atoms with Gasteiger partial charge in [0.1, 0.15) is 4.32 Å². The Morgan fingerprint density at radius 3 is 2.00 bits per heavy atom. The van der Waals surface area contributed by atoms with E-state index in [0.29, 0.717) is 4.32 Å². The number of benzene rings is 2. The second-order valence-electron chi connectivity index (χ2n) is 3.69. The van der Waals surface area contributed by atoms with Crippen LogP contribution < -0.4 is 4.90 Å². The number of hydrogen-bond donors (Lipinski definition) is 1. The molecule has 2 aromatic rings. The first kappa shape index (κ1) is 12.1. The number of anilines is 1. The maximum absolute atomic E-state index is 5.19. The summed E-state index contributed by atoms with van der Waals surface area (Å²) in [6.07, 6.45) is 0. The van der Waals surface area contributed by atoms with Gasteiger partial charge in [-0.1, -0.05) is 60.7 Å². The summed E-state index contributed by atoms with van der Waals surface area (Å²) in [6.45, 7) is 0.743. The van der Waals surface area contributed by atoms with Crippen molar-refractivity contribution in [1.82, 2.24) is 0 Å². The number of thiocarbonyl (C=S) groups is 1. The van der Waals surface area contributed by atoms with E-state index in [1.165, 1.54) is 5.56 Å². The summed E-state index contributed by atoms with van der Waals surface area (Å²) in [6, 6.07) is 20.3. The van der Waals surface area contributed by atoms with E-state index in [0.717, 1.165) is 12.2 Å². The average molecular weight is 259 g/mol. The van der Waals surface area contributed by atoms with E-state index < -0.39 is 0 Å². The van der Waals surface area contributed by atoms with Crippen molar-refractivity contribution >= 4 is 34.9 Å². The third kappa shape index (κ3) is 3.32. The molecule has 86 valence electrons. The van der Waals surface area contributed by atoms with E-state index >= 15 is 0 Å². The van der Waals surface area contributed by atoms with Gasteiger partial charge >= 0.3 is 0 Å². The van der Waals surface area contributed by atoms with Crippen LogP contribution in [0.15, 0.2) is 60.7 Å². The van der Waals surface area contributed by atoms with Crippen molar-refractivity contribution in [3.8, 4) is 0 Å². The van der Waals surface area contributed by atoms with E-state index in [1.807, 2.05) is 53.4 Å². The predicted molar refractivity (Wildman–Crippen MR) is 80.7 cm³/mol. The van der Waals surface area contributed by atoms with Crippen LogP contribution in [0.1, 0.15) is 5.56 Å². The minimum atomic E-state index is 0.583. The van der Waals surface area contributed by atoms with Crippen LogP contribution in [0.5, 0.6) is 0 Å². The molecule has 0 atom stereocenters. The standard InChI is InChI=1S/C14H13NS2/c16-14(17)15(13-9-5-2-6-10-13)11-12-7-3-1-4-8-12/h1-10H,11H2,(H,16,17). The molecular weight excluding hydrogens is 246 g/mol. The average Bonchev–Trinajstić information content (AvgIpc) is 2.38. The molecule has 0 N–H and O–H groups in total. The topological polar surface area (TPSA) is 3.24 Å². The number of nitrogens with zero attached hydrogens (tertiary/aromatic N) is 1. The molecule has 0 aromatic heterocycles. The molecule has 0 saturated carbocycles. The van der Waals surface area contributed by atoms with E-state index in [1.54, 1.807) is 0 Å². The minimum Gasteiger partial charge on any atom is -0.323 e. The molecule has 0 fully saturated rings. The third-order valence-electron chi connectivity index (χ3n) is 2.48. The highest BCUT2D eigenvalue weighted by molar-refractivity contribution is 8.11. The number of rotatable bonds is 3. The van der Waals surface area contributed by atoms with Crippen LogP contribution in [0.25, 0.3) is 0 Å². The lowest BCUT2D eigenvalue weighted by atomic mass is 10.2. The fourth-order valence-electron chi connectivity index (χ4n) is 1.64. The summed E-state index contributed by atoms with van der Waals surface area (Å²) < 4.78 is 0.583. The number of thiol groups is 1. The highest BCUT2D eigenvalue weighted by atomic mass is 32.1. The Kier molecular flexibility index (Phi) is 4.18. The Hall–Kier alpha value is -1.32. The summed E-state index contributed by atoms with van der Waals surface area (Å²) in [7, 11) is 0. The van der Waals surface area contributed by atoms with E-state index in [4.69, 9.17) is 12.2 Å². The van der Waals surface area contributed by atoms with Gasteiger partial charge in [-0.3, -0.25) is 0 Å². The van der Waals surface area contributed by atoms with Crippen molar-refractivity contribution in [3.05, 3.63) is 66.2 Å². The monoisotopic (exact) mass is 259 g/mol. The van der Waals surface area contributed by atoms with Crippen molar-refractivity contribution in [2.45, 2.75) is 6.54 Å². The quantitative estimate of drug-likeness (QED) is 0.657. The van der Waals surface area contributed by atoms with Gasteiger partial charge in [0.2, 0.25) is 0 Å². The fraction of sp³-hybridized carbons (Fsp3) is 0.0714. The molecule has 0 aliphatic carbocycles. The molecule has 0 bridgehead atoms. The SMILES string of the molecule is S=C(S)N(Cc1ccccc1)c1ccccc1. The molecule has 0 aliphatic heterocycles. The summed E-state index contributed by atoms with van der Waals surface area (Å²) in [5.74, 6) is 0. The largest absolute Gasteiger partial charge is 0.323 e. The van der Waals surface area contributed by atoms with Crippen LogP contribution in [0, 0.1) is 0 Å². The molecular formula is C14H13NS2. The van der Waals surface area contributed by atoms with Gasteiger partial charge in [0.05, 0.1) is 0 Å². The minimum absolute atomic E-state index is 0.583. The van der Waals surface area contributed by atoms with Gasteiger partial charge in [-0.25, -0.2) is 0 Å². The summed E-state index contributed by atoms with van der Waals surface area (Å²) in [5.41, 5.74) is 2.28. The molecule has 2 rings (SSSR count). The lowest BCUT2D eigenvalue weighted by Crippen LogP contribution is -2.24. The molecule has 0 unspecified atom stereocenters. The molecule has 0 heterocycles. The summed E-state index contributed by atoms with van der Waals surface area (Å²) in [4.78, 5) is 2.01. The molecule has 0 radical (unpaired) electrons. The molecule has 2 aromatic carbocycles. The first-order valence-corrected chi connectivity index (χ1v) is 6.22. The van der Waals surface area contributed by atoms with Crippen molar-refractivity contribution in [3.63, 3.8) is 0 Å². The summed E-state index contributed by atoms with van der Waals surface area (Å²) in [5, 5.41) is 0. The third-order valence-corrected chi connectivity index (χ3v) is 2.94. The zero-order valence-electron chi connectivity index (χ0n) is 9.28. The van der Waals surface area contributed by atoms with Gasteiger partial charge in [0, 0.05) is 12.2 Å². The Balaban J connectivity index is 2.23. The maximum atomic E-state index is 5.19. The van der Waals surface area contributed by atoms with Gasteiger partial charge in [0.25, 0.3) is 0 Å². The zero-order chi connectivity index (χ0) is 12.1. The van der Waals surface area contributed by atoms with E-state index in [2.05, 4.69) is 24.8 Å². The van der Waals surface area contributed by atoms with Gasteiger partial charge in [-0.05, 0) is 17.7 Å². The van der Waals surface area contributed by atoms with Crippen LogP contribution in [0.3, 0.4) is 0 Å². The van der Waals surface area contributed by atoms with E-state index in [9.17, 15) is 0 Å². The number of para-hydroxylation sites is 1. The normalized spacial score (nSPS) is 9.94. The first-order valence-electron chi connectivity index (χ1n) is 5.37. The Bertz CT molecular complexity index is 482. The van der Waals surface area contributed by atoms with Crippen LogP contribution in [-0.4, -0.2) is 4.32 Å². The summed E-state index contributed by atoms with van der Waals surface area (Å²) >= 11 is 9.48. The molecule has 0 amide bonds. The van der Waals surface area contributed by atoms with Gasteiger partial charge < -0.3 is 4.90 Å². The zero-order valence-corrected chi connectivity index (χ0v) is 11.0. The van der Waals surface area contributed by atoms with Crippen LogP contribution in [-0.2, 0) is 6.54 Å². The Morgan fingerprint density at radius 1 is 0.941 bits per heavy atom. The molecule has 17 heavy (non-hydrogen) atoms. The first-order chi connectivity index (χ1) is 8.27. The molecule has 3 heteroatoms. The molecule has 0 spiro atoms. The highest BCUT2D eigenvalue weighted by Crippen LogP contribution is 2.18. The number of hydrogen-bond acceptors (Lipinski definition) is 1. The Morgan fingerprint density at radius 2 is 1.47 bits per heavy atom. The molecule has 0 aliphatic rings. The van der Waals surface area contributed by atoms with Gasteiger partial charge in [-0.2, -0.15) is 0 Å². The fourth-order valence-corrected chi connectivity index (χ4v) is 2.00. The van der Waals surface area contributed by atoms with Crippen molar-refractivity contribution in [2.75, 3.05) is 4.90 Å². The second-order valence-corrected chi connectivity index (χ2v) is 4.80. The molecule has 1 nitrogen and oxygen atoms in total. The van der Waals surface area contributed by atoms with Crippen molar-refractivity contribution < 1.29 is 0 Å². The Labute approximate surface area is 112 Å². The molecule has 0 saturated heterocycles.